The zero-order chi connectivity index (χ0) is 37.9. The molecule has 9 nitrogen and oxygen atoms in total. The van der Waals surface area contributed by atoms with E-state index in [-0.39, 0.29) is 26.1 Å². The minimum Gasteiger partial charge on any atom is -0.756 e. The molecule has 0 aromatic heterocycles. The van der Waals surface area contributed by atoms with Crippen molar-refractivity contribution in [2.24, 2.45) is 0 Å². The number of ether oxygens (including phenoxy) is 2. The third-order valence-corrected chi connectivity index (χ3v) is 9.35. The molecule has 0 aliphatic rings. The molecule has 0 saturated heterocycles. The Bertz CT molecular complexity index is 975. The van der Waals surface area contributed by atoms with Crippen LogP contribution in [0.25, 0.3) is 0 Å². The molecule has 0 aromatic rings. The summed E-state index contributed by atoms with van der Waals surface area (Å²) in [6.45, 7) is 4.13. The van der Waals surface area contributed by atoms with Gasteiger partial charge >= 0.3 is 11.9 Å². The average molecular weight is 742 g/mol. The molecule has 51 heavy (non-hydrogen) atoms. The number of esters is 2. The van der Waals surface area contributed by atoms with E-state index < -0.39 is 32.5 Å². The number of carbonyl (C=O) groups is 2. The SMILES string of the molecule is CCCC/C=C/C/C=C/CCCCCCCC(=O)OC[C@H](COP(=O)([O-])OCC[N+](C)(C)C)OC(=O)CCCCC/C=C/CCCCCCCC. The lowest BCUT2D eigenvalue weighted by Crippen LogP contribution is -2.37. The molecule has 0 heterocycles. The maximum Gasteiger partial charge on any atom is 0.306 e. The van der Waals surface area contributed by atoms with E-state index >= 15 is 0 Å². The van der Waals surface area contributed by atoms with Gasteiger partial charge in [-0.05, 0) is 64.2 Å². The quantitative estimate of drug-likeness (QED) is 0.0205. The van der Waals surface area contributed by atoms with Crippen molar-refractivity contribution in [3.8, 4) is 0 Å². The van der Waals surface area contributed by atoms with E-state index in [1.165, 1.54) is 51.4 Å². The minimum atomic E-state index is -4.62. The van der Waals surface area contributed by atoms with E-state index in [4.69, 9.17) is 18.5 Å². The predicted octanol–water partition coefficient (Wildman–Crippen LogP) is 10.3. The monoisotopic (exact) mass is 742 g/mol. The van der Waals surface area contributed by atoms with Gasteiger partial charge in [-0.2, -0.15) is 0 Å². The Labute approximate surface area is 312 Å². The standard InChI is InChI=1S/C41H76NO8P/c1-6-8-10-12-14-16-18-20-22-23-25-27-29-31-33-40(43)47-37-39(38-49-51(45,46)48-36-35-42(3,4)5)50-41(44)34-32-30-28-26-24-21-19-17-15-13-11-9-7-2/h12,14,18,20-21,24,39H,6-11,13,15-17,19,22-23,25-38H2,1-5H3/b14-12+,20-18+,24-21+/t39-/m1/s1. The lowest BCUT2D eigenvalue weighted by Gasteiger charge is -2.28. The number of hydrogen-bond donors (Lipinski definition) is 0. The molecule has 1 unspecified atom stereocenters. The molecular formula is C41H76NO8P. The summed E-state index contributed by atoms with van der Waals surface area (Å²) in [5, 5.41) is 0. The van der Waals surface area contributed by atoms with Crippen LogP contribution in [0.5, 0.6) is 0 Å². The van der Waals surface area contributed by atoms with Crippen molar-refractivity contribution in [1.29, 1.82) is 0 Å². The molecule has 2 atom stereocenters. The van der Waals surface area contributed by atoms with Crippen LogP contribution in [0.15, 0.2) is 36.5 Å². The van der Waals surface area contributed by atoms with Crippen molar-refractivity contribution < 1.29 is 42.1 Å². The third-order valence-electron chi connectivity index (χ3n) is 8.38. The van der Waals surface area contributed by atoms with Gasteiger partial charge in [0.25, 0.3) is 7.82 Å². The van der Waals surface area contributed by atoms with Gasteiger partial charge in [0, 0.05) is 12.8 Å². The number of likely N-dealkylation sites (N-methyl/N-ethyl adjacent to an activating group) is 1. The molecule has 0 fully saturated rings. The number of hydrogen-bond acceptors (Lipinski definition) is 8. The molecule has 10 heteroatoms. The second-order valence-corrected chi connectivity index (χ2v) is 16.1. The zero-order valence-electron chi connectivity index (χ0n) is 33.3. The first-order valence-electron chi connectivity index (χ1n) is 20.2. The lowest BCUT2D eigenvalue weighted by atomic mass is 10.1. The lowest BCUT2D eigenvalue weighted by molar-refractivity contribution is -0.870. The highest BCUT2D eigenvalue weighted by Crippen LogP contribution is 2.38. The van der Waals surface area contributed by atoms with E-state index in [1.54, 1.807) is 0 Å². The van der Waals surface area contributed by atoms with Crippen molar-refractivity contribution in [1.82, 2.24) is 0 Å². The first-order chi connectivity index (χ1) is 24.5. The summed E-state index contributed by atoms with van der Waals surface area (Å²) in [4.78, 5) is 37.4. The van der Waals surface area contributed by atoms with E-state index in [1.807, 2.05) is 21.1 Å². The Morgan fingerprint density at radius 1 is 0.608 bits per heavy atom. The molecule has 298 valence electrons. The molecular weight excluding hydrogens is 665 g/mol. The molecule has 0 bridgehead atoms. The number of phosphoric acid groups is 1. The van der Waals surface area contributed by atoms with E-state index in [9.17, 15) is 19.0 Å². The van der Waals surface area contributed by atoms with Gasteiger partial charge in [-0.25, -0.2) is 0 Å². The van der Waals surface area contributed by atoms with Gasteiger partial charge in [0.2, 0.25) is 0 Å². The summed E-state index contributed by atoms with van der Waals surface area (Å²) in [5.41, 5.74) is 0. The van der Waals surface area contributed by atoms with E-state index in [2.05, 4.69) is 50.3 Å². The smallest absolute Gasteiger partial charge is 0.306 e. The second-order valence-electron chi connectivity index (χ2n) is 14.6. The molecule has 0 amide bonds. The molecule has 0 aromatic carbocycles. The topological polar surface area (TPSA) is 111 Å². The number of quaternary nitrogens is 1. The Morgan fingerprint density at radius 2 is 1.08 bits per heavy atom. The fourth-order valence-corrected chi connectivity index (χ4v) is 5.86. The van der Waals surface area contributed by atoms with Gasteiger partial charge in [-0.15, -0.1) is 0 Å². The van der Waals surface area contributed by atoms with Crippen molar-refractivity contribution in [3.05, 3.63) is 36.5 Å². The Hall–Kier alpha value is -1.77. The Balaban J connectivity index is 4.46. The highest BCUT2D eigenvalue weighted by molar-refractivity contribution is 7.45. The van der Waals surface area contributed by atoms with Crippen molar-refractivity contribution in [2.75, 3.05) is 47.5 Å². The first-order valence-corrected chi connectivity index (χ1v) is 21.7. The predicted molar refractivity (Wildman–Crippen MR) is 208 cm³/mol. The maximum absolute atomic E-state index is 12.6. The number of allylic oxidation sites excluding steroid dienone is 6. The molecule has 0 spiro atoms. The number of carbonyl (C=O) groups excluding carboxylic acids is 2. The average Bonchev–Trinajstić information content (AvgIpc) is 3.07. The van der Waals surface area contributed by atoms with Crippen LogP contribution < -0.4 is 4.89 Å². The van der Waals surface area contributed by atoms with Crippen LogP contribution in [-0.2, 0) is 32.7 Å². The van der Waals surface area contributed by atoms with E-state index in [0.29, 0.717) is 23.9 Å². The van der Waals surface area contributed by atoms with Crippen molar-refractivity contribution >= 4 is 19.8 Å². The Morgan fingerprint density at radius 3 is 1.65 bits per heavy atom. The van der Waals surface area contributed by atoms with Crippen LogP contribution in [0.2, 0.25) is 0 Å². The molecule has 0 aliphatic heterocycles. The molecule has 0 rings (SSSR count). The van der Waals surface area contributed by atoms with Gasteiger partial charge < -0.3 is 27.9 Å². The number of phosphoric ester groups is 1. The highest BCUT2D eigenvalue weighted by Gasteiger charge is 2.21. The van der Waals surface area contributed by atoms with Crippen LogP contribution in [-0.4, -0.2) is 70.0 Å². The van der Waals surface area contributed by atoms with Gasteiger partial charge in [0.1, 0.15) is 19.8 Å². The van der Waals surface area contributed by atoms with Gasteiger partial charge in [0.05, 0.1) is 27.7 Å². The number of rotatable bonds is 36. The Kier molecular flexibility index (Phi) is 32.8. The van der Waals surface area contributed by atoms with E-state index in [0.717, 1.165) is 70.6 Å². The molecule has 0 saturated carbocycles. The van der Waals surface area contributed by atoms with Crippen molar-refractivity contribution in [2.45, 2.75) is 168 Å². The van der Waals surface area contributed by atoms with Crippen LogP contribution in [0.3, 0.4) is 0 Å². The van der Waals surface area contributed by atoms with Crippen molar-refractivity contribution in [3.63, 3.8) is 0 Å². The fourth-order valence-electron chi connectivity index (χ4n) is 5.13. The van der Waals surface area contributed by atoms with Gasteiger partial charge in [-0.3, -0.25) is 14.2 Å². The minimum absolute atomic E-state index is 0.0363. The summed E-state index contributed by atoms with van der Waals surface area (Å²) in [6, 6.07) is 0. The number of nitrogens with zero attached hydrogens (tertiary/aromatic N) is 1. The van der Waals surface area contributed by atoms with Crippen LogP contribution in [0.1, 0.15) is 162 Å². The molecule has 0 N–H and O–H groups in total. The second kappa shape index (κ2) is 34.0. The van der Waals surface area contributed by atoms with Crippen LogP contribution >= 0.6 is 7.82 Å². The largest absolute Gasteiger partial charge is 0.756 e. The third kappa shape index (κ3) is 37.8. The summed E-state index contributed by atoms with van der Waals surface area (Å²) in [7, 11) is 1.14. The zero-order valence-corrected chi connectivity index (χ0v) is 34.2. The fraction of sp³-hybridized carbons (Fsp3) is 0.805. The summed E-state index contributed by atoms with van der Waals surface area (Å²) < 4.78 is 33.8. The first kappa shape index (κ1) is 49.2. The summed E-state index contributed by atoms with van der Waals surface area (Å²) in [6.07, 6.45) is 36.0. The highest BCUT2D eigenvalue weighted by atomic mass is 31.2. The molecule has 0 radical (unpaired) electrons. The normalized spacial score (nSPS) is 14.1. The molecule has 0 aliphatic carbocycles. The van der Waals surface area contributed by atoms with Gasteiger partial charge in [-0.1, -0.05) is 121 Å². The summed E-state index contributed by atoms with van der Waals surface area (Å²) in [5.74, 6) is -0.872. The maximum atomic E-state index is 12.6. The van der Waals surface area contributed by atoms with Crippen LogP contribution in [0, 0.1) is 0 Å². The van der Waals surface area contributed by atoms with Gasteiger partial charge in [0.15, 0.2) is 6.10 Å². The van der Waals surface area contributed by atoms with Crippen LogP contribution in [0.4, 0.5) is 0 Å². The number of unbranched alkanes of at least 4 members (excludes halogenated alkanes) is 16. The summed E-state index contributed by atoms with van der Waals surface area (Å²) >= 11 is 0.